The molecule has 1 amide bonds. The molecule has 0 spiro atoms. The molecule has 4 heteroatoms. The first-order valence-corrected chi connectivity index (χ1v) is 5.46. The highest BCUT2D eigenvalue weighted by Crippen LogP contribution is 2.10. The summed E-state index contributed by atoms with van der Waals surface area (Å²) in [6.45, 7) is 4.05. The molecule has 3 N–H and O–H groups in total. The van der Waals surface area contributed by atoms with Gasteiger partial charge in [0.15, 0.2) is 0 Å². The van der Waals surface area contributed by atoms with Crippen LogP contribution in [0.1, 0.15) is 26.7 Å². The van der Waals surface area contributed by atoms with Crippen molar-refractivity contribution in [3.63, 3.8) is 0 Å². The molecule has 0 rings (SSSR count). The fraction of sp³-hybridized carbons (Fsp3) is 0.875. The largest absolute Gasteiger partial charge is 0.294 e. The maximum absolute atomic E-state index is 10.9. The van der Waals surface area contributed by atoms with Gasteiger partial charge in [0.05, 0.1) is 0 Å². The van der Waals surface area contributed by atoms with E-state index >= 15 is 0 Å². The van der Waals surface area contributed by atoms with E-state index in [4.69, 9.17) is 5.84 Å². The minimum atomic E-state index is -0.0704. The van der Waals surface area contributed by atoms with Gasteiger partial charge in [-0.15, -0.1) is 0 Å². The van der Waals surface area contributed by atoms with Crippen molar-refractivity contribution in [1.29, 1.82) is 0 Å². The topological polar surface area (TPSA) is 55.1 Å². The zero-order valence-corrected chi connectivity index (χ0v) is 8.62. The van der Waals surface area contributed by atoms with Gasteiger partial charge in [0.1, 0.15) is 0 Å². The van der Waals surface area contributed by atoms with Crippen molar-refractivity contribution in [2.75, 3.05) is 11.5 Å². The van der Waals surface area contributed by atoms with Crippen LogP contribution in [0.5, 0.6) is 0 Å². The van der Waals surface area contributed by atoms with Crippen molar-refractivity contribution < 1.29 is 4.79 Å². The Kier molecular flexibility index (Phi) is 7.29. The van der Waals surface area contributed by atoms with Gasteiger partial charge in [-0.05, 0) is 12.2 Å². The lowest BCUT2D eigenvalue weighted by Gasteiger charge is -2.08. The number of rotatable bonds is 6. The van der Waals surface area contributed by atoms with Gasteiger partial charge >= 0.3 is 0 Å². The lowest BCUT2D eigenvalue weighted by Crippen LogP contribution is -2.35. The molecular weight excluding hydrogens is 172 g/mol. The summed E-state index contributed by atoms with van der Waals surface area (Å²) in [7, 11) is 0. The molecule has 1 unspecified atom stereocenters. The third-order valence-electron chi connectivity index (χ3n) is 1.60. The number of hydrazine groups is 1. The van der Waals surface area contributed by atoms with Crippen LogP contribution in [-0.2, 0) is 4.79 Å². The van der Waals surface area contributed by atoms with E-state index in [1.807, 2.05) is 18.7 Å². The summed E-state index contributed by atoms with van der Waals surface area (Å²) in [4.78, 5) is 10.9. The fourth-order valence-electron chi connectivity index (χ4n) is 0.724. The summed E-state index contributed by atoms with van der Waals surface area (Å²) >= 11 is 1.81. The number of carbonyl (C=O) groups is 1. The van der Waals surface area contributed by atoms with Crippen molar-refractivity contribution in [2.45, 2.75) is 26.7 Å². The van der Waals surface area contributed by atoms with Gasteiger partial charge in [0, 0.05) is 11.7 Å². The van der Waals surface area contributed by atoms with Crippen LogP contribution in [0.2, 0.25) is 0 Å². The number of nitrogens with two attached hydrogens (primary N) is 1. The second-order valence-electron chi connectivity index (χ2n) is 2.84. The number of unbranched alkanes of at least 4 members (excludes halogenated alkanes) is 1. The molecule has 0 aliphatic carbocycles. The molecule has 0 saturated heterocycles. The number of hydrogen-bond acceptors (Lipinski definition) is 3. The molecule has 12 heavy (non-hydrogen) atoms. The summed E-state index contributed by atoms with van der Waals surface area (Å²) in [5.41, 5.74) is 2.15. The molecule has 0 heterocycles. The first-order valence-electron chi connectivity index (χ1n) is 4.30. The Labute approximate surface area is 78.4 Å². The van der Waals surface area contributed by atoms with E-state index in [-0.39, 0.29) is 11.8 Å². The van der Waals surface area contributed by atoms with Crippen LogP contribution in [0, 0.1) is 5.92 Å². The zero-order valence-electron chi connectivity index (χ0n) is 7.80. The molecule has 0 aromatic rings. The van der Waals surface area contributed by atoms with Gasteiger partial charge in [0.2, 0.25) is 5.91 Å². The SMILES string of the molecule is CCCCSCC(C)C(=O)NN. The Bertz CT molecular complexity index is 130. The molecule has 0 saturated carbocycles. The number of nitrogens with one attached hydrogen (secondary N) is 1. The third-order valence-corrected chi connectivity index (χ3v) is 2.91. The first kappa shape index (κ1) is 11.8. The fourth-order valence-corrected chi connectivity index (χ4v) is 1.89. The second kappa shape index (κ2) is 7.43. The van der Waals surface area contributed by atoms with Crippen molar-refractivity contribution in [3.05, 3.63) is 0 Å². The summed E-state index contributed by atoms with van der Waals surface area (Å²) in [5.74, 6) is 6.95. The van der Waals surface area contributed by atoms with Crippen LogP contribution < -0.4 is 11.3 Å². The monoisotopic (exact) mass is 190 g/mol. The van der Waals surface area contributed by atoms with Gasteiger partial charge < -0.3 is 0 Å². The van der Waals surface area contributed by atoms with E-state index < -0.39 is 0 Å². The Hall–Kier alpha value is -0.220. The van der Waals surface area contributed by atoms with E-state index in [1.165, 1.54) is 12.8 Å². The first-order chi connectivity index (χ1) is 5.72. The van der Waals surface area contributed by atoms with Crippen molar-refractivity contribution in [3.8, 4) is 0 Å². The van der Waals surface area contributed by atoms with Crippen LogP contribution >= 0.6 is 11.8 Å². The summed E-state index contributed by atoms with van der Waals surface area (Å²) in [6.07, 6.45) is 2.44. The van der Waals surface area contributed by atoms with Gasteiger partial charge in [-0.3, -0.25) is 10.2 Å². The Morgan fingerprint density at radius 2 is 2.33 bits per heavy atom. The van der Waals surface area contributed by atoms with Crippen LogP contribution in [0.4, 0.5) is 0 Å². The van der Waals surface area contributed by atoms with E-state index in [9.17, 15) is 4.79 Å². The number of carbonyl (C=O) groups excluding carboxylic acids is 1. The van der Waals surface area contributed by atoms with Gasteiger partial charge in [-0.2, -0.15) is 11.8 Å². The van der Waals surface area contributed by atoms with E-state index in [0.717, 1.165) is 11.5 Å². The molecular formula is C8H18N2OS. The van der Waals surface area contributed by atoms with Crippen molar-refractivity contribution in [2.24, 2.45) is 11.8 Å². The second-order valence-corrected chi connectivity index (χ2v) is 3.99. The summed E-state index contributed by atoms with van der Waals surface area (Å²) < 4.78 is 0. The Morgan fingerprint density at radius 1 is 1.67 bits per heavy atom. The number of amides is 1. The normalized spacial score (nSPS) is 12.6. The molecule has 0 aromatic heterocycles. The standard InChI is InChI=1S/C8H18N2OS/c1-3-4-5-12-6-7(2)8(11)10-9/h7H,3-6,9H2,1-2H3,(H,10,11). The Morgan fingerprint density at radius 3 is 2.83 bits per heavy atom. The number of thioether (sulfide) groups is 1. The predicted octanol–water partition coefficient (Wildman–Crippen LogP) is 1.15. The highest BCUT2D eigenvalue weighted by molar-refractivity contribution is 7.99. The van der Waals surface area contributed by atoms with Crippen molar-refractivity contribution in [1.82, 2.24) is 5.43 Å². The third kappa shape index (κ3) is 5.43. The smallest absolute Gasteiger partial charge is 0.237 e. The lowest BCUT2D eigenvalue weighted by molar-refractivity contribution is -0.123. The van der Waals surface area contributed by atoms with Crippen LogP contribution in [0.15, 0.2) is 0 Å². The average Bonchev–Trinajstić information content (AvgIpc) is 2.10. The predicted molar refractivity (Wildman–Crippen MR) is 53.7 cm³/mol. The molecule has 0 aliphatic heterocycles. The highest BCUT2D eigenvalue weighted by Gasteiger charge is 2.09. The molecule has 0 fully saturated rings. The average molecular weight is 190 g/mol. The minimum absolute atomic E-state index is 0.0249. The molecule has 0 bridgehead atoms. The number of hydrogen-bond donors (Lipinski definition) is 2. The van der Waals surface area contributed by atoms with E-state index in [1.54, 1.807) is 0 Å². The minimum Gasteiger partial charge on any atom is -0.294 e. The van der Waals surface area contributed by atoms with Gasteiger partial charge in [-0.25, -0.2) is 5.84 Å². The molecule has 0 radical (unpaired) electrons. The quantitative estimate of drug-likeness (QED) is 0.286. The highest BCUT2D eigenvalue weighted by atomic mass is 32.2. The summed E-state index contributed by atoms with van der Waals surface area (Å²) in [5, 5.41) is 0. The van der Waals surface area contributed by atoms with Crippen LogP contribution in [-0.4, -0.2) is 17.4 Å². The van der Waals surface area contributed by atoms with Gasteiger partial charge in [-0.1, -0.05) is 20.3 Å². The van der Waals surface area contributed by atoms with Crippen LogP contribution in [0.3, 0.4) is 0 Å². The molecule has 3 nitrogen and oxygen atoms in total. The maximum Gasteiger partial charge on any atom is 0.237 e. The van der Waals surface area contributed by atoms with E-state index in [2.05, 4.69) is 12.3 Å². The molecule has 1 atom stereocenters. The molecule has 0 aliphatic rings. The van der Waals surface area contributed by atoms with Crippen LogP contribution in [0.25, 0.3) is 0 Å². The molecule has 0 aromatic carbocycles. The maximum atomic E-state index is 10.9. The van der Waals surface area contributed by atoms with Crippen molar-refractivity contribution >= 4 is 17.7 Å². The Balaban J connectivity index is 3.31. The van der Waals surface area contributed by atoms with E-state index in [0.29, 0.717) is 0 Å². The zero-order chi connectivity index (χ0) is 9.40. The van der Waals surface area contributed by atoms with Gasteiger partial charge in [0.25, 0.3) is 0 Å². The lowest BCUT2D eigenvalue weighted by atomic mass is 10.2. The molecule has 72 valence electrons. The summed E-state index contributed by atoms with van der Waals surface area (Å²) in [6, 6.07) is 0.